The molecular formula is C20H25N5OS. The number of piperazine rings is 1. The Bertz CT molecular complexity index is 938. The molecule has 142 valence electrons. The van der Waals surface area contributed by atoms with Crippen LogP contribution >= 0.6 is 11.3 Å². The lowest BCUT2D eigenvalue weighted by Gasteiger charge is -2.34. The molecule has 0 unspecified atom stereocenters. The Kier molecular flexibility index (Phi) is 4.97. The maximum Gasteiger partial charge on any atom is 0.265 e. The second-order valence-corrected chi connectivity index (χ2v) is 8.38. The second-order valence-electron chi connectivity index (χ2n) is 7.40. The van der Waals surface area contributed by atoms with Gasteiger partial charge in [0.2, 0.25) is 4.96 Å². The summed E-state index contributed by atoms with van der Waals surface area (Å²) < 4.78 is 2.04. The number of carbonyl (C=O) groups is 1. The Morgan fingerprint density at radius 3 is 2.48 bits per heavy atom. The van der Waals surface area contributed by atoms with E-state index in [1.54, 1.807) is 0 Å². The fraction of sp³-hybridized carbons (Fsp3) is 0.450. The molecule has 0 N–H and O–H groups in total. The van der Waals surface area contributed by atoms with E-state index >= 15 is 0 Å². The van der Waals surface area contributed by atoms with Crippen molar-refractivity contribution in [1.82, 2.24) is 24.4 Å². The minimum Gasteiger partial charge on any atom is -0.335 e. The van der Waals surface area contributed by atoms with Gasteiger partial charge in [0.1, 0.15) is 10.7 Å². The van der Waals surface area contributed by atoms with Crippen molar-refractivity contribution in [3.63, 3.8) is 0 Å². The fourth-order valence-corrected chi connectivity index (χ4v) is 4.64. The molecule has 2 aromatic heterocycles. The summed E-state index contributed by atoms with van der Waals surface area (Å²) in [7, 11) is 0. The molecule has 1 amide bonds. The molecule has 3 aromatic rings. The smallest absolute Gasteiger partial charge is 0.265 e. The number of aromatic nitrogens is 3. The zero-order valence-corrected chi connectivity index (χ0v) is 16.9. The number of nitrogens with zero attached hydrogens (tertiary/aromatic N) is 5. The summed E-state index contributed by atoms with van der Waals surface area (Å²) in [4.78, 5) is 19.1. The van der Waals surface area contributed by atoms with Gasteiger partial charge in [0, 0.05) is 44.3 Å². The number of amides is 1. The summed E-state index contributed by atoms with van der Waals surface area (Å²) in [6, 6.07) is 10.5. The van der Waals surface area contributed by atoms with E-state index in [4.69, 9.17) is 0 Å². The minimum atomic E-state index is 0.122. The third-order valence-electron chi connectivity index (χ3n) is 5.13. The summed E-state index contributed by atoms with van der Waals surface area (Å²) in [6.45, 7) is 10.5. The maximum absolute atomic E-state index is 13.1. The predicted molar refractivity (Wildman–Crippen MR) is 107 cm³/mol. The molecule has 4 rings (SSSR count). The molecule has 0 bridgehead atoms. The van der Waals surface area contributed by atoms with Crippen LogP contribution in [0.2, 0.25) is 0 Å². The molecule has 1 saturated heterocycles. The summed E-state index contributed by atoms with van der Waals surface area (Å²) in [5.74, 6) is 1.32. The number of benzene rings is 1. The van der Waals surface area contributed by atoms with Crippen molar-refractivity contribution in [2.45, 2.75) is 33.2 Å². The first-order chi connectivity index (χ1) is 13.0. The van der Waals surface area contributed by atoms with Gasteiger partial charge in [0.05, 0.1) is 0 Å². The standard InChI is InChI=1S/C20H25N5OS/c1-14(2)18-21-22-20-25(18)15(3)17(27-20)19(26)24-11-9-23(10-12-24)13-16-7-5-4-6-8-16/h4-8,14H,9-13H2,1-3H3. The van der Waals surface area contributed by atoms with Crippen LogP contribution < -0.4 is 0 Å². The van der Waals surface area contributed by atoms with Crippen molar-refractivity contribution in [3.05, 3.63) is 52.3 Å². The number of thiazole rings is 1. The molecule has 3 heterocycles. The number of carbonyl (C=O) groups excluding carboxylic acids is 1. The first-order valence-corrected chi connectivity index (χ1v) is 10.3. The van der Waals surface area contributed by atoms with Crippen LogP contribution in [0.25, 0.3) is 4.96 Å². The van der Waals surface area contributed by atoms with E-state index < -0.39 is 0 Å². The molecule has 0 atom stereocenters. The lowest BCUT2D eigenvalue weighted by molar-refractivity contribution is 0.0632. The zero-order chi connectivity index (χ0) is 19.0. The topological polar surface area (TPSA) is 53.7 Å². The predicted octanol–water partition coefficient (Wildman–Crippen LogP) is 3.18. The molecule has 1 aliphatic rings. The van der Waals surface area contributed by atoms with E-state index in [1.807, 2.05) is 22.3 Å². The SMILES string of the molecule is Cc1c(C(=O)N2CCN(Cc3ccccc3)CC2)sc2nnc(C(C)C)n12. The molecule has 6 nitrogen and oxygen atoms in total. The molecule has 1 aromatic carbocycles. The molecule has 0 aliphatic carbocycles. The quantitative estimate of drug-likeness (QED) is 0.694. The van der Waals surface area contributed by atoms with Crippen LogP contribution in [-0.4, -0.2) is 56.5 Å². The molecule has 0 radical (unpaired) electrons. The van der Waals surface area contributed by atoms with Gasteiger partial charge in [-0.25, -0.2) is 0 Å². The van der Waals surface area contributed by atoms with Crippen LogP contribution in [0.15, 0.2) is 30.3 Å². The van der Waals surface area contributed by atoms with Gasteiger partial charge in [-0.05, 0) is 12.5 Å². The molecule has 7 heteroatoms. The van der Waals surface area contributed by atoms with E-state index in [9.17, 15) is 4.79 Å². The normalized spacial score (nSPS) is 15.8. The Morgan fingerprint density at radius 2 is 1.81 bits per heavy atom. The van der Waals surface area contributed by atoms with Crippen LogP contribution in [0.1, 0.15) is 46.5 Å². The molecule has 1 fully saturated rings. The summed E-state index contributed by atoms with van der Waals surface area (Å²) >= 11 is 1.45. The number of fused-ring (bicyclic) bond motifs is 1. The average molecular weight is 384 g/mol. The number of hydrogen-bond donors (Lipinski definition) is 0. The van der Waals surface area contributed by atoms with Crippen LogP contribution in [0.5, 0.6) is 0 Å². The minimum absolute atomic E-state index is 0.122. The van der Waals surface area contributed by atoms with Crippen molar-refractivity contribution in [3.8, 4) is 0 Å². The molecule has 0 spiro atoms. The first kappa shape index (κ1) is 18.1. The monoisotopic (exact) mass is 383 g/mol. The number of hydrogen-bond acceptors (Lipinski definition) is 5. The van der Waals surface area contributed by atoms with E-state index in [2.05, 4.69) is 53.2 Å². The average Bonchev–Trinajstić information content (AvgIpc) is 3.23. The van der Waals surface area contributed by atoms with Crippen LogP contribution in [0.4, 0.5) is 0 Å². The Morgan fingerprint density at radius 1 is 1.11 bits per heavy atom. The van der Waals surface area contributed by atoms with Gasteiger partial charge in [-0.3, -0.25) is 14.1 Å². The maximum atomic E-state index is 13.1. The van der Waals surface area contributed by atoms with Crippen LogP contribution in [-0.2, 0) is 6.54 Å². The van der Waals surface area contributed by atoms with Gasteiger partial charge in [-0.15, -0.1) is 10.2 Å². The summed E-state index contributed by atoms with van der Waals surface area (Å²) in [5.41, 5.74) is 2.28. The highest BCUT2D eigenvalue weighted by atomic mass is 32.1. The number of aryl methyl sites for hydroxylation is 1. The molecule has 0 saturated carbocycles. The number of rotatable bonds is 4. The highest BCUT2D eigenvalue weighted by molar-refractivity contribution is 7.19. The zero-order valence-electron chi connectivity index (χ0n) is 16.1. The van der Waals surface area contributed by atoms with Crippen molar-refractivity contribution in [2.24, 2.45) is 0 Å². The van der Waals surface area contributed by atoms with E-state index in [0.717, 1.165) is 54.1 Å². The third kappa shape index (κ3) is 3.49. The third-order valence-corrected chi connectivity index (χ3v) is 6.26. The second kappa shape index (κ2) is 7.40. The lowest BCUT2D eigenvalue weighted by atomic mass is 10.2. The highest BCUT2D eigenvalue weighted by Gasteiger charge is 2.27. The summed E-state index contributed by atoms with van der Waals surface area (Å²) in [6.07, 6.45) is 0. The molecular weight excluding hydrogens is 358 g/mol. The lowest BCUT2D eigenvalue weighted by Crippen LogP contribution is -2.48. The van der Waals surface area contributed by atoms with Gasteiger partial charge < -0.3 is 4.90 Å². The van der Waals surface area contributed by atoms with Crippen molar-refractivity contribution in [2.75, 3.05) is 26.2 Å². The molecule has 1 aliphatic heterocycles. The van der Waals surface area contributed by atoms with E-state index in [0.29, 0.717) is 0 Å². The summed E-state index contributed by atoms with van der Waals surface area (Å²) in [5, 5.41) is 8.53. The van der Waals surface area contributed by atoms with Crippen molar-refractivity contribution in [1.29, 1.82) is 0 Å². The van der Waals surface area contributed by atoms with Gasteiger partial charge in [0.25, 0.3) is 5.91 Å². The Hall–Kier alpha value is -2.25. The Labute approximate surface area is 163 Å². The van der Waals surface area contributed by atoms with E-state index in [-0.39, 0.29) is 11.8 Å². The van der Waals surface area contributed by atoms with Crippen molar-refractivity contribution < 1.29 is 4.79 Å². The fourth-order valence-electron chi connectivity index (χ4n) is 3.60. The van der Waals surface area contributed by atoms with Gasteiger partial charge in [-0.2, -0.15) is 0 Å². The van der Waals surface area contributed by atoms with Crippen LogP contribution in [0, 0.1) is 6.92 Å². The highest BCUT2D eigenvalue weighted by Crippen LogP contribution is 2.27. The van der Waals surface area contributed by atoms with Gasteiger partial charge in [0.15, 0.2) is 0 Å². The Balaban J connectivity index is 1.45. The van der Waals surface area contributed by atoms with Crippen molar-refractivity contribution >= 4 is 22.2 Å². The van der Waals surface area contributed by atoms with Crippen LogP contribution in [0.3, 0.4) is 0 Å². The van der Waals surface area contributed by atoms with E-state index in [1.165, 1.54) is 16.9 Å². The van der Waals surface area contributed by atoms with Gasteiger partial charge >= 0.3 is 0 Å². The first-order valence-electron chi connectivity index (χ1n) is 9.44. The molecule has 27 heavy (non-hydrogen) atoms. The van der Waals surface area contributed by atoms with Gasteiger partial charge in [-0.1, -0.05) is 55.5 Å². The largest absolute Gasteiger partial charge is 0.335 e.